The van der Waals surface area contributed by atoms with Crippen molar-refractivity contribution in [3.05, 3.63) is 0 Å². The Morgan fingerprint density at radius 2 is 2.24 bits per heavy atom. The monoisotopic (exact) mass is 258 g/mol. The van der Waals surface area contributed by atoms with Gasteiger partial charge < -0.3 is 10.2 Å². The zero-order valence-electron chi connectivity index (χ0n) is 11.7. The Bertz CT molecular complexity index is 176. The maximum absolute atomic E-state index is 3.57. The van der Waals surface area contributed by atoms with E-state index in [2.05, 4.69) is 35.8 Å². The fourth-order valence-electron chi connectivity index (χ4n) is 2.54. The summed E-state index contributed by atoms with van der Waals surface area (Å²) >= 11 is 2.08. The average Bonchev–Trinajstić information content (AvgIpc) is 2.36. The van der Waals surface area contributed by atoms with Crippen molar-refractivity contribution >= 4 is 11.8 Å². The van der Waals surface area contributed by atoms with Crippen LogP contribution in [0.3, 0.4) is 0 Å². The molecule has 0 aromatic heterocycles. The molecule has 1 atom stereocenters. The fraction of sp³-hybridized carbons (Fsp3) is 1.00. The zero-order valence-corrected chi connectivity index (χ0v) is 12.5. The summed E-state index contributed by atoms with van der Waals surface area (Å²) in [5.74, 6) is 3.50. The molecule has 2 nitrogen and oxygen atoms in total. The normalized spacial score (nSPS) is 21.9. The molecule has 0 saturated carbocycles. The Morgan fingerprint density at radius 3 is 3.00 bits per heavy atom. The highest BCUT2D eigenvalue weighted by molar-refractivity contribution is 7.99. The minimum atomic E-state index is 0.897. The molecule has 17 heavy (non-hydrogen) atoms. The Labute approximate surface area is 112 Å². The molecule has 1 saturated heterocycles. The third-order valence-electron chi connectivity index (χ3n) is 3.43. The van der Waals surface area contributed by atoms with Crippen molar-refractivity contribution in [1.29, 1.82) is 0 Å². The predicted molar refractivity (Wildman–Crippen MR) is 79.9 cm³/mol. The number of thioether (sulfide) groups is 1. The van der Waals surface area contributed by atoms with Crippen LogP contribution in [0.1, 0.15) is 39.5 Å². The standard InChI is InChI=1S/C14H30N2S/c1-3-8-15-12-14-7-5-9-16(13-14)10-6-11-17-4-2/h14-15H,3-13H2,1-2H3. The molecule has 3 heteroatoms. The summed E-state index contributed by atoms with van der Waals surface area (Å²) in [6, 6.07) is 0. The first-order valence-corrected chi connectivity index (χ1v) is 8.53. The van der Waals surface area contributed by atoms with Crippen molar-refractivity contribution in [3.63, 3.8) is 0 Å². The third kappa shape index (κ3) is 7.32. The summed E-state index contributed by atoms with van der Waals surface area (Å²) in [6.07, 6.45) is 5.45. The van der Waals surface area contributed by atoms with Crippen LogP contribution in [0, 0.1) is 5.92 Å². The van der Waals surface area contributed by atoms with Gasteiger partial charge in [-0.05, 0) is 69.3 Å². The van der Waals surface area contributed by atoms with E-state index in [1.807, 2.05) is 0 Å². The van der Waals surface area contributed by atoms with Crippen molar-refractivity contribution in [3.8, 4) is 0 Å². The number of likely N-dealkylation sites (tertiary alicyclic amines) is 1. The molecule has 0 amide bonds. The summed E-state index contributed by atoms with van der Waals surface area (Å²) < 4.78 is 0. The summed E-state index contributed by atoms with van der Waals surface area (Å²) in [4.78, 5) is 2.68. The van der Waals surface area contributed by atoms with Crippen molar-refractivity contribution in [1.82, 2.24) is 10.2 Å². The second kappa shape index (κ2) is 10.2. The first-order valence-electron chi connectivity index (χ1n) is 7.37. The second-order valence-electron chi connectivity index (χ2n) is 5.06. The molecule has 1 heterocycles. The minimum absolute atomic E-state index is 0.897. The topological polar surface area (TPSA) is 15.3 Å². The van der Waals surface area contributed by atoms with Gasteiger partial charge in [0.2, 0.25) is 0 Å². The number of nitrogens with zero attached hydrogens (tertiary/aromatic N) is 1. The lowest BCUT2D eigenvalue weighted by atomic mass is 9.98. The molecule has 0 spiro atoms. The SMILES string of the molecule is CCCNCC1CCCN(CCCSCC)C1. The van der Waals surface area contributed by atoms with Gasteiger partial charge in [0.1, 0.15) is 0 Å². The number of piperidine rings is 1. The van der Waals surface area contributed by atoms with Crippen LogP contribution < -0.4 is 5.32 Å². The van der Waals surface area contributed by atoms with Crippen LogP contribution in [0.15, 0.2) is 0 Å². The number of hydrogen-bond donors (Lipinski definition) is 1. The van der Waals surface area contributed by atoms with Gasteiger partial charge in [0.15, 0.2) is 0 Å². The molecule has 102 valence electrons. The fourth-order valence-corrected chi connectivity index (χ4v) is 3.16. The first-order chi connectivity index (χ1) is 8.36. The van der Waals surface area contributed by atoms with E-state index in [0.717, 1.165) is 5.92 Å². The van der Waals surface area contributed by atoms with Gasteiger partial charge in [0, 0.05) is 6.54 Å². The van der Waals surface area contributed by atoms with E-state index in [1.165, 1.54) is 69.9 Å². The van der Waals surface area contributed by atoms with Gasteiger partial charge in [-0.3, -0.25) is 0 Å². The number of hydrogen-bond acceptors (Lipinski definition) is 3. The zero-order chi connectivity index (χ0) is 12.3. The second-order valence-corrected chi connectivity index (χ2v) is 6.46. The Kier molecular flexibility index (Phi) is 9.21. The summed E-state index contributed by atoms with van der Waals surface area (Å²) in [5.41, 5.74) is 0. The lowest BCUT2D eigenvalue weighted by Gasteiger charge is -2.32. The van der Waals surface area contributed by atoms with E-state index in [9.17, 15) is 0 Å². The maximum Gasteiger partial charge on any atom is 0.00218 e. The summed E-state index contributed by atoms with van der Waals surface area (Å²) in [5, 5.41) is 3.57. The van der Waals surface area contributed by atoms with Crippen molar-refractivity contribution < 1.29 is 0 Å². The minimum Gasteiger partial charge on any atom is -0.316 e. The lowest BCUT2D eigenvalue weighted by Crippen LogP contribution is -2.40. The number of nitrogens with one attached hydrogen (secondary N) is 1. The maximum atomic E-state index is 3.57. The number of rotatable bonds is 9. The molecule has 1 aliphatic rings. The average molecular weight is 258 g/mol. The summed E-state index contributed by atoms with van der Waals surface area (Å²) in [6.45, 7) is 10.9. The van der Waals surface area contributed by atoms with Crippen LogP contribution in [0.2, 0.25) is 0 Å². The van der Waals surface area contributed by atoms with Gasteiger partial charge in [-0.25, -0.2) is 0 Å². The Hall–Kier alpha value is 0.270. The van der Waals surface area contributed by atoms with Crippen LogP contribution in [-0.4, -0.2) is 49.1 Å². The van der Waals surface area contributed by atoms with E-state index in [4.69, 9.17) is 0 Å². The quantitative estimate of drug-likeness (QED) is 0.640. The van der Waals surface area contributed by atoms with Gasteiger partial charge in [0.25, 0.3) is 0 Å². The van der Waals surface area contributed by atoms with Crippen LogP contribution in [0.5, 0.6) is 0 Å². The lowest BCUT2D eigenvalue weighted by molar-refractivity contribution is 0.173. The van der Waals surface area contributed by atoms with Crippen LogP contribution in [-0.2, 0) is 0 Å². The van der Waals surface area contributed by atoms with Gasteiger partial charge in [0.05, 0.1) is 0 Å². The highest BCUT2D eigenvalue weighted by Crippen LogP contribution is 2.16. The molecule has 1 unspecified atom stereocenters. The van der Waals surface area contributed by atoms with Crippen LogP contribution in [0.4, 0.5) is 0 Å². The summed E-state index contributed by atoms with van der Waals surface area (Å²) in [7, 11) is 0. The largest absolute Gasteiger partial charge is 0.316 e. The molecule has 0 aromatic carbocycles. The molecule has 1 fully saturated rings. The molecule has 1 N–H and O–H groups in total. The Morgan fingerprint density at radius 1 is 1.35 bits per heavy atom. The molecule has 1 rings (SSSR count). The predicted octanol–water partition coefficient (Wildman–Crippen LogP) is 2.84. The van der Waals surface area contributed by atoms with Gasteiger partial charge in [-0.15, -0.1) is 0 Å². The van der Waals surface area contributed by atoms with E-state index in [0.29, 0.717) is 0 Å². The molecule has 0 bridgehead atoms. The van der Waals surface area contributed by atoms with Crippen molar-refractivity contribution in [2.24, 2.45) is 5.92 Å². The van der Waals surface area contributed by atoms with Crippen LogP contribution >= 0.6 is 11.8 Å². The van der Waals surface area contributed by atoms with E-state index in [1.54, 1.807) is 0 Å². The molecule has 0 radical (unpaired) electrons. The van der Waals surface area contributed by atoms with Crippen LogP contribution in [0.25, 0.3) is 0 Å². The molecule has 0 aliphatic carbocycles. The Balaban J connectivity index is 2.06. The molecular weight excluding hydrogens is 228 g/mol. The third-order valence-corrected chi connectivity index (χ3v) is 4.42. The van der Waals surface area contributed by atoms with E-state index < -0.39 is 0 Å². The van der Waals surface area contributed by atoms with Crippen molar-refractivity contribution in [2.75, 3.05) is 44.2 Å². The highest BCUT2D eigenvalue weighted by Gasteiger charge is 2.18. The highest BCUT2D eigenvalue weighted by atomic mass is 32.2. The van der Waals surface area contributed by atoms with E-state index in [-0.39, 0.29) is 0 Å². The first kappa shape index (κ1) is 15.3. The smallest absolute Gasteiger partial charge is 0.00218 e. The van der Waals surface area contributed by atoms with Gasteiger partial charge in [-0.1, -0.05) is 13.8 Å². The molecule has 0 aromatic rings. The van der Waals surface area contributed by atoms with Gasteiger partial charge in [-0.2, -0.15) is 11.8 Å². The molecule has 1 aliphatic heterocycles. The molecular formula is C14H30N2S. The van der Waals surface area contributed by atoms with Gasteiger partial charge >= 0.3 is 0 Å². The van der Waals surface area contributed by atoms with E-state index >= 15 is 0 Å². The van der Waals surface area contributed by atoms with Crippen molar-refractivity contribution in [2.45, 2.75) is 39.5 Å².